The molecule has 1 N–H and O–H groups in total. The zero-order valence-corrected chi connectivity index (χ0v) is 19.1. The molecule has 1 amide bonds. The number of hydrazine groups is 1. The number of rotatable bonds is 4. The molecule has 0 aliphatic carbocycles. The van der Waals surface area contributed by atoms with Crippen LogP contribution in [-0.4, -0.2) is 48.7 Å². The van der Waals surface area contributed by atoms with Gasteiger partial charge in [0, 0.05) is 0 Å². The molecule has 0 bridgehead atoms. The van der Waals surface area contributed by atoms with Gasteiger partial charge in [0.25, 0.3) is 0 Å². The molecule has 28 heavy (non-hydrogen) atoms. The average Bonchev–Trinajstić information content (AvgIpc) is 3.30. The molecule has 1 aromatic heterocycles. The van der Waals surface area contributed by atoms with Crippen LogP contribution in [0.25, 0.3) is 10.2 Å². The number of hydrogen-bond acceptors (Lipinski definition) is 3. The third-order valence-electron chi connectivity index (χ3n) is 4.94. The van der Waals surface area contributed by atoms with E-state index in [4.69, 9.17) is 23.2 Å². The standard InChI is InChI=1S/C20H22Cl2N4OSe/c1-13-18(20(27)24-25-9-3-2-4-10-25)23-26(19(13)17-6-5-11-28-17)16-8-7-14(21)12-15(16)22/h5-8,11-12H,2-4,9-10,28H2,1H3,(H,24,27). The van der Waals surface area contributed by atoms with Crippen LogP contribution in [0.4, 0.5) is 0 Å². The van der Waals surface area contributed by atoms with Crippen molar-refractivity contribution in [3.05, 3.63) is 62.3 Å². The monoisotopic (exact) mass is 484 g/mol. The summed E-state index contributed by atoms with van der Waals surface area (Å²) in [5.41, 5.74) is 6.01. The van der Waals surface area contributed by atoms with Gasteiger partial charge in [-0.2, -0.15) is 0 Å². The molecule has 5 nitrogen and oxygen atoms in total. The van der Waals surface area contributed by atoms with Gasteiger partial charge in [0.05, 0.1) is 0 Å². The summed E-state index contributed by atoms with van der Waals surface area (Å²) in [4.78, 5) is 15.2. The predicted octanol–water partition coefficient (Wildman–Crippen LogP) is 3.66. The normalized spacial score (nSPS) is 18.5. The Kier molecular flexibility index (Phi) is 5.95. The Hall–Kier alpha value is -1.56. The van der Waals surface area contributed by atoms with Crippen molar-refractivity contribution >= 4 is 48.5 Å². The third-order valence-corrected chi connectivity index (χ3v) is 7.73. The number of aromatic nitrogens is 2. The molecule has 2 aliphatic heterocycles. The number of amides is 1. The number of piperidine rings is 1. The van der Waals surface area contributed by atoms with Gasteiger partial charge in [0.15, 0.2) is 0 Å². The van der Waals surface area contributed by atoms with Crippen molar-refractivity contribution in [3.8, 4) is 5.69 Å². The Morgan fingerprint density at radius 3 is 2.68 bits per heavy atom. The summed E-state index contributed by atoms with van der Waals surface area (Å²) in [6.45, 7) is 3.71. The van der Waals surface area contributed by atoms with Gasteiger partial charge in [-0.05, 0) is 0 Å². The molecule has 0 radical (unpaired) electrons. The van der Waals surface area contributed by atoms with Crippen LogP contribution in [0.1, 0.15) is 41.0 Å². The molecule has 0 spiro atoms. The summed E-state index contributed by atoms with van der Waals surface area (Å²) in [7, 11) is 0. The second-order valence-electron chi connectivity index (χ2n) is 6.90. The van der Waals surface area contributed by atoms with Gasteiger partial charge in [-0.3, -0.25) is 0 Å². The van der Waals surface area contributed by atoms with Crippen LogP contribution < -0.4 is 5.43 Å². The first-order chi connectivity index (χ1) is 13.5. The topological polar surface area (TPSA) is 50.2 Å². The van der Waals surface area contributed by atoms with Crippen molar-refractivity contribution in [1.82, 2.24) is 20.2 Å². The number of carbonyl (C=O) groups excluding carboxylic acids is 1. The summed E-state index contributed by atoms with van der Waals surface area (Å²) >= 11 is 12.1. The van der Waals surface area contributed by atoms with E-state index in [1.54, 1.807) is 16.8 Å². The molecule has 1 aromatic carbocycles. The van der Waals surface area contributed by atoms with E-state index in [-0.39, 0.29) is 5.91 Å². The number of hydrogen-bond donors (Lipinski definition) is 1. The number of halogens is 2. The first-order valence-electron chi connectivity index (χ1n) is 9.29. The SMILES string of the molecule is Cc1c(C(=O)NN2CCCCC2)nn(-c2ccc(Cl)cc2Cl)c1C1=CC=C[SeH2]1. The van der Waals surface area contributed by atoms with Crippen molar-refractivity contribution in [2.24, 2.45) is 0 Å². The fraction of sp³-hybridized carbons (Fsp3) is 0.300. The molecule has 8 heteroatoms. The van der Waals surface area contributed by atoms with Gasteiger partial charge in [-0.15, -0.1) is 0 Å². The van der Waals surface area contributed by atoms with Gasteiger partial charge in [0.2, 0.25) is 0 Å². The predicted molar refractivity (Wildman–Crippen MR) is 117 cm³/mol. The number of nitrogens with zero attached hydrogens (tertiary/aromatic N) is 3. The molecule has 0 unspecified atom stereocenters. The molecule has 3 heterocycles. The first kappa shape index (κ1) is 19.7. The molecule has 1 saturated heterocycles. The van der Waals surface area contributed by atoms with Crippen LogP contribution in [-0.2, 0) is 0 Å². The molecular formula is C20H22Cl2N4OSe. The van der Waals surface area contributed by atoms with E-state index in [9.17, 15) is 4.79 Å². The maximum atomic E-state index is 13.0. The summed E-state index contributed by atoms with van der Waals surface area (Å²) in [5.74, 6) is -0.170. The Labute approximate surface area is 180 Å². The quantitative estimate of drug-likeness (QED) is 0.675. The minimum atomic E-state index is -0.404. The van der Waals surface area contributed by atoms with E-state index < -0.39 is 15.0 Å². The van der Waals surface area contributed by atoms with E-state index in [2.05, 4.69) is 27.7 Å². The van der Waals surface area contributed by atoms with Gasteiger partial charge >= 0.3 is 181 Å². The zero-order chi connectivity index (χ0) is 19.7. The van der Waals surface area contributed by atoms with Crippen LogP contribution >= 0.6 is 23.2 Å². The van der Waals surface area contributed by atoms with Gasteiger partial charge in [-0.25, -0.2) is 0 Å². The van der Waals surface area contributed by atoms with Crippen LogP contribution in [0, 0.1) is 6.92 Å². The number of carbonyl (C=O) groups is 1. The minimum absolute atomic E-state index is 0.170. The van der Waals surface area contributed by atoms with Crippen molar-refractivity contribution in [2.75, 3.05) is 13.1 Å². The zero-order valence-electron chi connectivity index (χ0n) is 15.5. The van der Waals surface area contributed by atoms with Gasteiger partial charge in [-0.1, -0.05) is 0 Å². The summed E-state index contributed by atoms with van der Waals surface area (Å²) in [6.07, 6.45) is 7.59. The summed E-state index contributed by atoms with van der Waals surface area (Å²) in [6, 6.07) is 5.33. The number of benzene rings is 1. The van der Waals surface area contributed by atoms with E-state index in [0.29, 0.717) is 15.7 Å². The second kappa shape index (κ2) is 8.44. The molecule has 4 rings (SSSR count). The van der Waals surface area contributed by atoms with Crippen molar-refractivity contribution in [3.63, 3.8) is 0 Å². The van der Waals surface area contributed by atoms with E-state index >= 15 is 0 Å². The fourth-order valence-corrected chi connectivity index (χ4v) is 6.11. The molecule has 0 saturated carbocycles. The first-order valence-corrected chi connectivity index (χ1v) is 12.3. The fourth-order valence-electron chi connectivity index (χ4n) is 3.54. The van der Waals surface area contributed by atoms with E-state index in [1.807, 2.05) is 18.0 Å². The van der Waals surface area contributed by atoms with Gasteiger partial charge in [0.1, 0.15) is 0 Å². The molecular weight excluding hydrogens is 462 g/mol. The number of nitrogens with one attached hydrogen (secondary N) is 1. The van der Waals surface area contributed by atoms with Crippen LogP contribution in [0.5, 0.6) is 0 Å². The Morgan fingerprint density at radius 1 is 1.21 bits per heavy atom. The average molecular weight is 484 g/mol. The van der Waals surface area contributed by atoms with Crippen LogP contribution in [0.2, 0.25) is 10.0 Å². The summed E-state index contributed by atoms with van der Waals surface area (Å²) in [5, 5.41) is 7.74. The Morgan fingerprint density at radius 2 is 2.00 bits per heavy atom. The second-order valence-corrected chi connectivity index (χ2v) is 10.2. The summed E-state index contributed by atoms with van der Waals surface area (Å²) < 4.78 is 3.02. The molecule has 148 valence electrons. The van der Waals surface area contributed by atoms with Gasteiger partial charge < -0.3 is 0 Å². The molecule has 0 atom stereocenters. The Bertz CT molecular complexity index is 977. The molecule has 1 fully saturated rings. The van der Waals surface area contributed by atoms with E-state index in [0.717, 1.165) is 42.9 Å². The van der Waals surface area contributed by atoms with Crippen molar-refractivity contribution in [2.45, 2.75) is 26.2 Å². The van der Waals surface area contributed by atoms with E-state index in [1.165, 1.54) is 10.9 Å². The molecule has 2 aliphatic rings. The third kappa shape index (κ3) is 3.93. The van der Waals surface area contributed by atoms with Crippen LogP contribution in [0.3, 0.4) is 0 Å². The van der Waals surface area contributed by atoms with Crippen molar-refractivity contribution < 1.29 is 4.79 Å². The Balaban J connectivity index is 1.75. The van der Waals surface area contributed by atoms with Crippen LogP contribution in [0.15, 0.2) is 35.3 Å². The number of allylic oxidation sites excluding steroid dienone is 2. The molecule has 2 aromatic rings. The van der Waals surface area contributed by atoms with Crippen molar-refractivity contribution in [1.29, 1.82) is 0 Å². The maximum absolute atomic E-state index is 13.0.